The number of benzene rings is 2. The summed E-state index contributed by atoms with van der Waals surface area (Å²) in [5.74, 6) is -1.04. The van der Waals surface area contributed by atoms with Crippen molar-refractivity contribution in [2.45, 2.75) is 25.3 Å². The van der Waals surface area contributed by atoms with Gasteiger partial charge in [0.15, 0.2) is 0 Å². The third kappa shape index (κ3) is 4.57. The molecule has 35 heavy (non-hydrogen) atoms. The molecular weight excluding hydrogens is 448 g/mol. The number of rotatable bonds is 8. The van der Waals surface area contributed by atoms with E-state index in [1.54, 1.807) is 0 Å². The lowest BCUT2D eigenvalue weighted by molar-refractivity contribution is -0.126. The molecule has 0 aliphatic heterocycles. The molecule has 5 rings (SSSR count). The number of alkyl carbamates (subject to hydrolysis) is 1. The minimum absolute atomic E-state index is 0.0222. The maximum atomic E-state index is 12.7. The number of carboxylic acids is 1. The number of carbonyl (C=O) groups excluding carboxylic acids is 2. The molecule has 2 aromatic carbocycles. The monoisotopic (exact) mass is 472 g/mol. The number of nitrogens with zero attached hydrogens (tertiary/aromatic N) is 2. The topological polar surface area (TPSA) is 131 Å². The Hall–Kier alpha value is -4.27. The van der Waals surface area contributed by atoms with Gasteiger partial charge in [-0.05, 0) is 35.1 Å². The van der Waals surface area contributed by atoms with Gasteiger partial charge < -0.3 is 20.5 Å². The highest BCUT2D eigenvalue weighted by Gasteiger charge is 2.50. The maximum Gasteiger partial charge on any atom is 0.407 e. The molecule has 1 heterocycles. The SMILES string of the molecule is O=C(NCC1(C(=O)NCc2ncc(C(=O)O)cn2)CC1)OCC1c2ccccc2-c2ccccc21. The molecule has 0 spiro atoms. The number of amides is 2. The van der Waals surface area contributed by atoms with E-state index in [1.807, 2.05) is 24.3 Å². The van der Waals surface area contributed by atoms with E-state index in [0.717, 1.165) is 22.3 Å². The lowest BCUT2D eigenvalue weighted by Crippen LogP contribution is -2.40. The normalized spacial score (nSPS) is 15.0. The number of carbonyl (C=O) groups is 3. The Bertz CT molecular complexity index is 1240. The summed E-state index contributed by atoms with van der Waals surface area (Å²) in [4.78, 5) is 43.9. The highest BCUT2D eigenvalue weighted by molar-refractivity contribution is 5.87. The van der Waals surface area contributed by atoms with Crippen LogP contribution in [0.5, 0.6) is 0 Å². The second kappa shape index (κ2) is 9.17. The van der Waals surface area contributed by atoms with Gasteiger partial charge in [-0.25, -0.2) is 19.6 Å². The Morgan fingerprint density at radius 1 is 0.943 bits per heavy atom. The second-order valence-corrected chi connectivity index (χ2v) is 8.84. The molecular formula is C26H24N4O5. The second-order valence-electron chi connectivity index (χ2n) is 8.84. The largest absolute Gasteiger partial charge is 0.478 e. The van der Waals surface area contributed by atoms with Gasteiger partial charge >= 0.3 is 12.1 Å². The minimum atomic E-state index is -1.11. The third-order valence-corrected chi connectivity index (χ3v) is 6.61. The molecule has 3 N–H and O–H groups in total. The predicted molar refractivity (Wildman–Crippen MR) is 126 cm³/mol. The smallest absolute Gasteiger partial charge is 0.407 e. The highest BCUT2D eigenvalue weighted by atomic mass is 16.5. The molecule has 3 aromatic rings. The average molecular weight is 473 g/mol. The van der Waals surface area contributed by atoms with Gasteiger partial charge in [0.25, 0.3) is 0 Å². The van der Waals surface area contributed by atoms with Crippen LogP contribution < -0.4 is 10.6 Å². The molecule has 9 nitrogen and oxygen atoms in total. The van der Waals surface area contributed by atoms with Crippen LogP contribution in [0.15, 0.2) is 60.9 Å². The molecule has 1 fully saturated rings. The summed E-state index contributed by atoms with van der Waals surface area (Å²) in [7, 11) is 0. The van der Waals surface area contributed by atoms with Crippen molar-refractivity contribution in [2.75, 3.05) is 13.2 Å². The first-order chi connectivity index (χ1) is 17.0. The van der Waals surface area contributed by atoms with E-state index in [2.05, 4.69) is 44.9 Å². The number of aromatic carboxylic acids is 1. The van der Waals surface area contributed by atoms with E-state index < -0.39 is 17.5 Å². The van der Waals surface area contributed by atoms with E-state index in [9.17, 15) is 14.4 Å². The Balaban J connectivity index is 1.12. The summed E-state index contributed by atoms with van der Waals surface area (Å²) >= 11 is 0. The molecule has 0 unspecified atom stereocenters. The number of aromatic nitrogens is 2. The van der Waals surface area contributed by atoms with Crippen molar-refractivity contribution < 1.29 is 24.2 Å². The van der Waals surface area contributed by atoms with Gasteiger partial charge in [0.05, 0.1) is 17.5 Å². The lowest BCUT2D eigenvalue weighted by Gasteiger charge is -2.17. The molecule has 2 aliphatic rings. The van der Waals surface area contributed by atoms with Crippen molar-refractivity contribution in [1.29, 1.82) is 0 Å². The molecule has 1 aromatic heterocycles. The molecule has 9 heteroatoms. The maximum absolute atomic E-state index is 12.7. The van der Waals surface area contributed by atoms with E-state index in [4.69, 9.17) is 9.84 Å². The lowest BCUT2D eigenvalue weighted by atomic mass is 9.98. The fraction of sp³-hybridized carbons (Fsp3) is 0.269. The van der Waals surface area contributed by atoms with Gasteiger partial charge in [-0.2, -0.15) is 0 Å². The molecule has 0 saturated heterocycles. The van der Waals surface area contributed by atoms with Crippen LogP contribution in [0.3, 0.4) is 0 Å². The van der Waals surface area contributed by atoms with Gasteiger partial charge in [0.1, 0.15) is 12.4 Å². The number of fused-ring (bicyclic) bond motifs is 3. The highest BCUT2D eigenvalue weighted by Crippen LogP contribution is 2.46. The summed E-state index contributed by atoms with van der Waals surface area (Å²) in [5.41, 5.74) is 3.90. The Kier molecular flexibility index (Phi) is 5.90. The van der Waals surface area contributed by atoms with Gasteiger partial charge in [-0.1, -0.05) is 48.5 Å². The van der Waals surface area contributed by atoms with Gasteiger partial charge in [-0.3, -0.25) is 4.79 Å². The molecule has 2 amide bonds. The minimum Gasteiger partial charge on any atom is -0.478 e. The van der Waals surface area contributed by atoms with Gasteiger partial charge in [0.2, 0.25) is 5.91 Å². The summed E-state index contributed by atoms with van der Waals surface area (Å²) < 4.78 is 5.55. The van der Waals surface area contributed by atoms with Crippen molar-refractivity contribution in [3.8, 4) is 11.1 Å². The first-order valence-electron chi connectivity index (χ1n) is 11.4. The quantitative estimate of drug-likeness (QED) is 0.459. The summed E-state index contributed by atoms with van der Waals surface area (Å²) in [6.07, 6.45) is 3.14. The van der Waals surface area contributed by atoms with Crippen LogP contribution in [0.25, 0.3) is 11.1 Å². The summed E-state index contributed by atoms with van der Waals surface area (Å²) in [6, 6.07) is 16.3. The van der Waals surface area contributed by atoms with E-state index in [0.29, 0.717) is 18.7 Å². The van der Waals surface area contributed by atoms with Crippen molar-refractivity contribution in [2.24, 2.45) is 5.41 Å². The molecule has 178 valence electrons. The molecule has 1 saturated carbocycles. The van der Waals surface area contributed by atoms with Crippen molar-refractivity contribution in [1.82, 2.24) is 20.6 Å². The van der Waals surface area contributed by atoms with Crippen LogP contribution in [0.2, 0.25) is 0 Å². The van der Waals surface area contributed by atoms with Crippen LogP contribution in [-0.2, 0) is 16.1 Å². The van der Waals surface area contributed by atoms with Crippen LogP contribution in [0.4, 0.5) is 4.79 Å². The van der Waals surface area contributed by atoms with Gasteiger partial charge in [0, 0.05) is 24.9 Å². The van der Waals surface area contributed by atoms with Crippen LogP contribution >= 0.6 is 0 Å². The zero-order valence-electron chi connectivity index (χ0n) is 18.9. The Labute approximate surface area is 201 Å². The zero-order valence-corrected chi connectivity index (χ0v) is 18.9. The van der Waals surface area contributed by atoms with Crippen LogP contribution in [-0.4, -0.2) is 46.2 Å². The number of nitrogens with one attached hydrogen (secondary N) is 2. The van der Waals surface area contributed by atoms with E-state index >= 15 is 0 Å². The first-order valence-corrected chi connectivity index (χ1v) is 11.4. The van der Waals surface area contributed by atoms with Crippen molar-refractivity contribution >= 4 is 18.0 Å². The Morgan fingerprint density at radius 3 is 2.11 bits per heavy atom. The standard InChI is InChI=1S/C26H24N4O5/c31-23(32)16-11-27-22(28-12-16)13-29-24(33)26(9-10-26)15-30-25(34)35-14-21-19-7-3-1-5-17(19)18-6-2-4-8-20(18)21/h1-8,11-12,21H,9-10,13-15H2,(H,29,33)(H,30,34)(H,31,32). The number of hydrogen-bond donors (Lipinski definition) is 3. The number of hydrogen-bond acceptors (Lipinski definition) is 6. The van der Waals surface area contributed by atoms with E-state index in [1.165, 1.54) is 12.4 Å². The first kappa shape index (κ1) is 22.5. The van der Waals surface area contributed by atoms with Crippen molar-refractivity contribution in [3.63, 3.8) is 0 Å². The van der Waals surface area contributed by atoms with Crippen LogP contribution in [0, 0.1) is 5.41 Å². The summed E-state index contributed by atoms with van der Waals surface area (Å²) in [6.45, 7) is 0.461. The van der Waals surface area contributed by atoms with Crippen LogP contribution in [0.1, 0.15) is 46.1 Å². The number of ether oxygens (including phenoxy) is 1. The molecule has 0 bridgehead atoms. The zero-order chi connectivity index (χ0) is 24.4. The summed E-state index contributed by atoms with van der Waals surface area (Å²) in [5, 5.41) is 14.4. The van der Waals surface area contributed by atoms with Crippen molar-refractivity contribution in [3.05, 3.63) is 83.4 Å². The van der Waals surface area contributed by atoms with E-state index in [-0.39, 0.29) is 37.1 Å². The number of carboxylic acid groups (broad SMARTS) is 1. The Morgan fingerprint density at radius 2 is 1.54 bits per heavy atom. The third-order valence-electron chi connectivity index (χ3n) is 6.61. The average Bonchev–Trinajstić information content (AvgIpc) is 3.61. The molecule has 0 radical (unpaired) electrons. The van der Waals surface area contributed by atoms with Gasteiger partial charge in [-0.15, -0.1) is 0 Å². The predicted octanol–water partition coefficient (Wildman–Crippen LogP) is 3.11. The fourth-order valence-electron chi connectivity index (χ4n) is 4.43. The molecule has 2 aliphatic carbocycles. The fourth-order valence-corrected chi connectivity index (χ4v) is 4.43. The molecule has 0 atom stereocenters.